The summed E-state index contributed by atoms with van der Waals surface area (Å²) in [5.41, 5.74) is 3.44. The second kappa shape index (κ2) is 5.84. The number of nitro groups is 1. The largest absolute Gasteiger partial charge is 0.373 e. The summed E-state index contributed by atoms with van der Waals surface area (Å²) in [6, 6.07) is 6.61. The molecule has 7 heteroatoms. The van der Waals surface area contributed by atoms with E-state index in [1.807, 2.05) is 0 Å². The lowest BCUT2D eigenvalue weighted by Crippen LogP contribution is -2.23. The maximum absolute atomic E-state index is 10.8. The fourth-order valence-corrected chi connectivity index (χ4v) is 1.56. The van der Waals surface area contributed by atoms with Gasteiger partial charge in [0.25, 0.3) is 5.69 Å². The van der Waals surface area contributed by atoms with Gasteiger partial charge in [-0.05, 0) is 13.0 Å². The van der Waals surface area contributed by atoms with Crippen molar-refractivity contribution in [2.24, 2.45) is 11.8 Å². The molecule has 0 radical (unpaired) electrons. The van der Waals surface area contributed by atoms with Crippen LogP contribution < -0.4 is 16.2 Å². The van der Waals surface area contributed by atoms with E-state index >= 15 is 0 Å². The fourth-order valence-electron chi connectivity index (χ4n) is 1.56. The number of hydrazine groups is 1. The second-order valence-electron chi connectivity index (χ2n) is 4.05. The van der Waals surface area contributed by atoms with Gasteiger partial charge in [-0.3, -0.25) is 16.0 Å². The minimum absolute atomic E-state index is 0.0445. The Morgan fingerprint density at radius 3 is 2.78 bits per heavy atom. The molecule has 1 unspecified atom stereocenters. The summed E-state index contributed by atoms with van der Waals surface area (Å²) in [5.74, 6) is 5.11. The number of rotatable bonds is 5. The van der Waals surface area contributed by atoms with Crippen LogP contribution in [0.2, 0.25) is 0 Å². The van der Waals surface area contributed by atoms with E-state index in [4.69, 9.17) is 11.1 Å². The molecule has 0 saturated carbocycles. The molecular weight excluding hydrogens is 234 g/mol. The van der Waals surface area contributed by atoms with E-state index in [0.717, 1.165) is 0 Å². The Kier molecular flexibility index (Phi) is 4.45. The average molecular weight is 249 g/mol. The first-order valence-electron chi connectivity index (χ1n) is 5.34. The summed E-state index contributed by atoms with van der Waals surface area (Å²) in [7, 11) is 1.77. The Hall–Kier alpha value is -2.33. The van der Waals surface area contributed by atoms with Crippen molar-refractivity contribution in [3.8, 4) is 6.07 Å². The minimum atomic E-state index is -0.480. The third-order valence-corrected chi connectivity index (χ3v) is 2.49. The molecule has 0 bridgehead atoms. The maximum Gasteiger partial charge on any atom is 0.273 e. The van der Waals surface area contributed by atoms with Gasteiger partial charge in [0.05, 0.1) is 22.6 Å². The van der Waals surface area contributed by atoms with Gasteiger partial charge < -0.3 is 10.3 Å². The van der Waals surface area contributed by atoms with Crippen molar-refractivity contribution in [2.75, 3.05) is 23.9 Å². The number of nitro benzene ring substituents is 1. The molecule has 0 aliphatic carbocycles. The molecule has 0 aliphatic rings. The molecule has 18 heavy (non-hydrogen) atoms. The first kappa shape index (κ1) is 13.7. The Morgan fingerprint density at radius 2 is 2.28 bits per heavy atom. The molecule has 0 aromatic heterocycles. The smallest absolute Gasteiger partial charge is 0.273 e. The van der Waals surface area contributed by atoms with E-state index in [0.29, 0.717) is 17.9 Å². The molecule has 1 atom stereocenters. The van der Waals surface area contributed by atoms with Gasteiger partial charge >= 0.3 is 0 Å². The zero-order valence-electron chi connectivity index (χ0n) is 10.3. The van der Waals surface area contributed by atoms with Gasteiger partial charge in [0, 0.05) is 31.4 Å². The summed E-state index contributed by atoms with van der Waals surface area (Å²) in [6.45, 7) is 2.28. The highest BCUT2D eigenvalue weighted by Crippen LogP contribution is 2.26. The lowest BCUT2D eigenvalue weighted by Gasteiger charge is -2.20. The van der Waals surface area contributed by atoms with Crippen molar-refractivity contribution >= 4 is 17.1 Å². The van der Waals surface area contributed by atoms with Gasteiger partial charge in [-0.2, -0.15) is 5.26 Å². The van der Waals surface area contributed by atoms with Gasteiger partial charge in [0.15, 0.2) is 0 Å². The standard InChI is InChI=1S/C11H15N5O2/c1-8(6-12)7-15(2)10-3-9(14-13)4-11(5-10)16(17)18/h3-5,8,14H,7,13H2,1-2H3. The van der Waals surface area contributed by atoms with Crippen molar-refractivity contribution in [3.05, 3.63) is 28.3 Å². The summed E-state index contributed by atoms with van der Waals surface area (Å²) in [6.07, 6.45) is 0. The number of nitrogens with two attached hydrogens (primary N) is 1. The lowest BCUT2D eigenvalue weighted by molar-refractivity contribution is -0.384. The third-order valence-electron chi connectivity index (χ3n) is 2.49. The monoisotopic (exact) mass is 249 g/mol. The number of nitrogen functional groups attached to an aromatic ring is 1. The number of hydrogen-bond donors (Lipinski definition) is 2. The predicted octanol–water partition coefficient (Wildman–Crippen LogP) is 1.48. The molecule has 96 valence electrons. The van der Waals surface area contributed by atoms with Gasteiger partial charge in [-0.15, -0.1) is 0 Å². The van der Waals surface area contributed by atoms with E-state index in [2.05, 4.69) is 11.5 Å². The Balaban J connectivity index is 3.04. The average Bonchev–Trinajstić information content (AvgIpc) is 2.37. The first-order valence-corrected chi connectivity index (χ1v) is 5.34. The van der Waals surface area contributed by atoms with Crippen molar-refractivity contribution in [2.45, 2.75) is 6.92 Å². The molecule has 0 aliphatic heterocycles. The van der Waals surface area contributed by atoms with Crippen LogP contribution in [0.25, 0.3) is 0 Å². The van der Waals surface area contributed by atoms with Gasteiger partial charge in [0.1, 0.15) is 0 Å². The number of anilines is 2. The molecule has 0 spiro atoms. The van der Waals surface area contributed by atoms with Crippen molar-refractivity contribution < 1.29 is 4.92 Å². The van der Waals surface area contributed by atoms with Crippen LogP contribution in [0.15, 0.2) is 18.2 Å². The zero-order chi connectivity index (χ0) is 13.7. The third kappa shape index (κ3) is 3.33. The molecule has 3 N–H and O–H groups in total. The van der Waals surface area contributed by atoms with Crippen LogP contribution in [0.5, 0.6) is 0 Å². The van der Waals surface area contributed by atoms with Crippen LogP contribution in [-0.4, -0.2) is 18.5 Å². The van der Waals surface area contributed by atoms with Gasteiger partial charge in [0.2, 0.25) is 0 Å². The van der Waals surface area contributed by atoms with Crippen molar-refractivity contribution in [1.82, 2.24) is 0 Å². The number of non-ortho nitro benzene ring substituents is 1. The zero-order valence-corrected chi connectivity index (χ0v) is 10.3. The highest BCUT2D eigenvalue weighted by atomic mass is 16.6. The molecule has 0 heterocycles. The fraction of sp³-hybridized carbons (Fsp3) is 0.364. The number of hydrogen-bond acceptors (Lipinski definition) is 6. The topological polar surface area (TPSA) is 108 Å². The molecule has 7 nitrogen and oxygen atoms in total. The van der Waals surface area contributed by atoms with Crippen LogP contribution in [0.4, 0.5) is 17.1 Å². The number of nitriles is 1. The summed E-state index contributed by atoms with van der Waals surface area (Å²) < 4.78 is 0. The number of nitrogens with one attached hydrogen (secondary N) is 1. The quantitative estimate of drug-likeness (QED) is 0.464. The van der Waals surface area contributed by atoms with Crippen LogP contribution in [0.1, 0.15) is 6.92 Å². The summed E-state index contributed by atoms with van der Waals surface area (Å²) >= 11 is 0. The molecule has 1 aromatic carbocycles. The van der Waals surface area contributed by atoms with Crippen LogP contribution >= 0.6 is 0 Å². The van der Waals surface area contributed by atoms with Crippen LogP contribution in [-0.2, 0) is 0 Å². The molecule has 1 aromatic rings. The van der Waals surface area contributed by atoms with Crippen LogP contribution in [0, 0.1) is 27.4 Å². The Labute approximate surface area is 105 Å². The van der Waals surface area contributed by atoms with E-state index in [1.165, 1.54) is 12.1 Å². The minimum Gasteiger partial charge on any atom is -0.373 e. The van der Waals surface area contributed by atoms with Gasteiger partial charge in [-0.25, -0.2) is 0 Å². The molecule has 0 saturated heterocycles. The van der Waals surface area contributed by atoms with Crippen molar-refractivity contribution in [1.29, 1.82) is 5.26 Å². The normalized spacial score (nSPS) is 11.4. The first-order chi connectivity index (χ1) is 8.47. The van der Waals surface area contributed by atoms with Crippen LogP contribution in [0.3, 0.4) is 0 Å². The Morgan fingerprint density at radius 1 is 1.61 bits per heavy atom. The van der Waals surface area contributed by atoms with E-state index in [1.54, 1.807) is 24.9 Å². The SMILES string of the molecule is CC(C#N)CN(C)c1cc(NN)cc([N+](=O)[O-])c1. The highest BCUT2D eigenvalue weighted by molar-refractivity contribution is 5.64. The second-order valence-corrected chi connectivity index (χ2v) is 4.05. The predicted molar refractivity (Wildman–Crippen MR) is 69.0 cm³/mol. The van der Waals surface area contributed by atoms with E-state index < -0.39 is 4.92 Å². The van der Waals surface area contributed by atoms with E-state index in [9.17, 15) is 10.1 Å². The number of nitrogens with zero attached hydrogens (tertiary/aromatic N) is 3. The highest BCUT2D eigenvalue weighted by Gasteiger charge is 2.13. The molecule has 0 fully saturated rings. The maximum atomic E-state index is 10.8. The molecule has 0 amide bonds. The summed E-state index contributed by atoms with van der Waals surface area (Å²) in [5, 5.41) is 19.5. The van der Waals surface area contributed by atoms with E-state index in [-0.39, 0.29) is 11.6 Å². The molecular formula is C11H15N5O2. The molecule has 1 rings (SSSR count). The lowest BCUT2D eigenvalue weighted by atomic mass is 10.1. The van der Waals surface area contributed by atoms with Crippen molar-refractivity contribution in [3.63, 3.8) is 0 Å². The number of benzene rings is 1. The Bertz CT molecular complexity index is 483. The summed E-state index contributed by atoms with van der Waals surface area (Å²) in [4.78, 5) is 12.1. The van der Waals surface area contributed by atoms with Gasteiger partial charge in [-0.1, -0.05) is 0 Å².